The molecule has 1 aromatic carbocycles. The first-order chi connectivity index (χ1) is 11.0. The summed E-state index contributed by atoms with van der Waals surface area (Å²) < 4.78 is 7.05. The van der Waals surface area contributed by atoms with Gasteiger partial charge < -0.3 is 15.0 Å². The zero-order valence-electron chi connectivity index (χ0n) is 13.5. The van der Waals surface area contributed by atoms with E-state index in [1.807, 2.05) is 28.8 Å². The summed E-state index contributed by atoms with van der Waals surface area (Å²) in [6.07, 6.45) is 0. The maximum atomic E-state index is 12.3. The normalized spacial score (nSPS) is 11.5. The molecule has 0 aliphatic rings. The molecular formula is C17H20N4O2. The van der Waals surface area contributed by atoms with Crippen molar-refractivity contribution in [3.8, 4) is 0 Å². The molecule has 2 N–H and O–H groups in total. The Kier molecular flexibility index (Phi) is 3.90. The number of pyridine rings is 1. The van der Waals surface area contributed by atoms with E-state index in [1.54, 1.807) is 6.92 Å². The van der Waals surface area contributed by atoms with Crippen molar-refractivity contribution in [3.63, 3.8) is 0 Å². The summed E-state index contributed by atoms with van der Waals surface area (Å²) in [5, 5.41) is 0.931. The number of hydrogen-bond donors (Lipinski definition) is 1. The number of aromatic nitrogens is 3. The van der Waals surface area contributed by atoms with Crippen LogP contribution in [0, 0.1) is 5.92 Å². The molecule has 0 saturated carbocycles. The van der Waals surface area contributed by atoms with Gasteiger partial charge in [0.2, 0.25) is 5.82 Å². The van der Waals surface area contributed by atoms with Crippen LogP contribution in [0.25, 0.3) is 21.9 Å². The lowest BCUT2D eigenvalue weighted by Gasteiger charge is -2.12. The lowest BCUT2D eigenvalue weighted by atomic mass is 10.1. The highest BCUT2D eigenvalue weighted by Gasteiger charge is 2.22. The summed E-state index contributed by atoms with van der Waals surface area (Å²) in [5.41, 5.74) is 8.25. The van der Waals surface area contributed by atoms with Crippen LogP contribution in [-0.2, 0) is 11.3 Å². The molecule has 3 aromatic rings. The van der Waals surface area contributed by atoms with E-state index in [9.17, 15) is 4.79 Å². The Morgan fingerprint density at radius 1 is 1.30 bits per heavy atom. The molecule has 0 radical (unpaired) electrons. The van der Waals surface area contributed by atoms with E-state index in [2.05, 4.69) is 23.8 Å². The second-order valence-electron chi connectivity index (χ2n) is 5.87. The van der Waals surface area contributed by atoms with Gasteiger partial charge in [-0.2, -0.15) is 0 Å². The number of nitrogens with two attached hydrogens (primary N) is 1. The number of carbonyl (C=O) groups is 1. The van der Waals surface area contributed by atoms with Crippen LogP contribution in [-0.4, -0.2) is 27.1 Å². The van der Waals surface area contributed by atoms with E-state index in [4.69, 9.17) is 10.5 Å². The fourth-order valence-corrected chi connectivity index (χ4v) is 2.75. The van der Waals surface area contributed by atoms with Gasteiger partial charge in [0.05, 0.1) is 17.6 Å². The standard InChI is InChI=1S/C17H20N4O2/c1-4-23-17(22)16-20-13-14(21(16)9-10(2)3)11-7-5-6-8-12(11)19-15(13)18/h5-8,10H,4,9H2,1-3H3,(H2,18,19). The Morgan fingerprint density at radius 3 is 2.74 bits per heavy atom. The third-order valence-corrected chi connectivity index (χ3v) is 3.62. The van der Waals surface area contributed by atoms with Crippen molar-refractivity contribution >= 4 is 33.7 Å². The van der Waals surface area contributed by atoms with Crippen molar-refractivity contribution in [1.29, 1.82) is 0 Å². The third-order valence-electron chi connectivity index (χ3n) is 3.62. The minimum atomic E-state index is -0.437. The van der Waals surface area contributed by atoms with Gasteiger partial charge in [0.1, 0.15) is 5.52 Å². The number of nitrogens with zero attached hydrogens (tertiary/aromatic N) is 3. The number of imidazole rings is 1. The molecule has 0 aliphatic carbocycles. The molecule has 2 heterocycles. The van der Waals surface area contributed by atoms with Crippen molar-refractivity contribution in [1.82, 2.24) is 14.5 Å². The molecule has 2 aromatic heterocycles. The first-order valence-electron chi connectivity index (χ1n) is 7.74. The molecule has 0 saturated heterocycles. The van der Waals surface area contributed by atoms with Crippen LogP contribution in [0.15, 0.2) is 24.3 Å². The van der Waals surface area contributed by atoms with E-state index in [0.29, 0.717) is 30.4 Å². The predicted molar refractivity (Wildman–Crippen MR) is 90.2 cm³/mol. The van der Waals surface area contributed by atoms with Gasteiger partial charge in [0, 0.05) is 11.9 Å². The number of nitrogen functional groups attached to an aromatic ring is 1. The van der Waals surface area contributed by atoms with E-state index >= 15 is 0 Å². The molecule has 0 amide bonds. The fourth-order valence-electron chi connectivity index (χ4n) is 2.75. The van der Waals surface area contributed by atoms with Crippen LogP contribution in [0.2, 0.25) is 0 Å². The number of anilines is 1. The number of benzene rings is 1. The SMILES string of the molecule is CCOC(=O)c1nc2c(N)nc3ccccc3c2n1CC(C)C. The molecule has 120 valence electrons. The molecule has 6 nitrogen and oxygen atoms in total. The third kappa shape index (κ3) is 2.60. The minimum Gasteiger partial charge on any atom is -0.460 e. The largest absolute Gasteiger partial charge is 0.460 e. The van der Waals surface area contributed by atoms with Gasteiger partial charge in [-0.05, 0) is 18.9 Å². The number of fused-ring (bicyclic) bond motifs is 3. The number of para-hydroxylation sites is 1. The van der Waals surface area contributed by atoms with Gasteiger partial charge in [-0.3, -0.25) is 0 Å². The molecule has 0 aliphatic heterocycles. The van der Waals surface area contributed by atoms with Crippen LogP contribution in [0.1, 0.15) is 31.4 Å². The Morgan fingerprint density at radius 2 is 2.04 bits per heavy atom. The summed E-state index contributed by atoms with van der Waals surface area (Å²) in [7, 11) is 0. The number of carbonyl (C=O) groups excluding carboxylic acids is 1. The van der Waals surface area contributed by atoms with Gasteiger partial charge in [-0.15, -0.1) is 0 Å². The monoisotopic (exact) mass is 312 g/mol. The highest BCUT2D eigenvalue weighted by molar-refractivity contribution is 6.08. The number of rotatable bonds is 4. The highest BCUT2D eigenvalue weighted by atomic mass is 16.5. The molecule has 0 bridgehead atoms. The smallest absolute Gasteiger partial charge is 0.374 e. The van der Waals surface area contributed by atoms with Gasteiger partial charge in [-0.25, -0.2) is 14.8 Å². The Balaban J connectivity index is 2.38. The molecule has 6 heteroatoms. The molecule has 0 atom stereocenters. The highest BCUT2D eigenvalue weighted by Crippen LogP contribution is 2.29. The van der Waals surface area contributed by atoms with Crippen molar-refractivity contribution < 1.29 is 9.53 Å². The van der Waals surface area contributed by atoms with Gasteiger partial charge >= 0.3 is 5.97 Å². The van der Waals surface area contributed by atoms with Crippen LogP contribution in [0.5, 0.6) is 0 Å². The summed E-state index contributed by atoms with van der Waals surface area (Å²) in [5.74, 6) is 0.508. The lowest BCUT2D eigenvalue weighted by Crippen LogP contribution is -2.15. The Bertz CT molecular complexity index is 883. The van der Waals surface area contributed by atoms with Crippen LogP contribution < -0.4 is 5.73 Å². The van der Waals surface area contributed by atoms with E-state index in [1.165, 1.54) is 0 Å². The summed E-state index contributed by atoms with van der Waals surface area (Å²) >= 11 is 0. The Hall–Kier alpha value is -2.63. The van der Waals surface area contributed by atoms with Crippen LogP contribution >= 0.6 is 0 Å². The molecule has 3 rings (SSSR count). The zero-order chi connectivity index (χ0) is 16.6. The summed E-state index contributed by atoms with van der Waals surface area (Å²) in [6.45, 7) is 6.91. The van der Waals surface area contributed by atoms with E-state index < -0.39 is 5.97 Å². The average molecular weight is 312 g/mol. The van der Waals surface area contributed by atoms with Crippen LogP contribution in [0.3, 0.4) is 0 Å². The van der Waals surface area contributed by atoms with E-state index in [-0.39, 0.29) is 5.82 Å². The van der Waals surface area contributed by atoms with Crippen molar-refractivity contribution in [2.45, 2.75) is 27.3 Å². The second-order valence-corrected chi connectivity index (χ2v) is 5.87. The second kappa shape index (κ2) is 5.87. The molecule has 0 fully saturated rings. The van der Waals surface area contributed by atoms with Crippen molar-refractivity contribution in [2.24, 2.45) is 5.92 Å². The Labute approximate surface area is 134 Å². The molecule has 0 spiro atoms. The summed E-state index contributed by atoms with van der Waals surface area (Å²) in [4.78, 5) is 21.1. The van der Waals surface area contributed by atoms with Gasteiger partial charge in [-0.1, -0.05) is 32.0 Å². The lowest BCUT2D eigenvalue weighted by molar-refractivity contribution is 0.0506. The maximum absolute atomic E-state index is 12.3. The van der Waals surface area contributed by atoms with Crippen molar-refractivity contribution in [2.75, 3.05) is 12.3 Å². The summed E-state index contributed by atoms with van der Waals surface area (Å²) in [6, 6.07) is 7.73. The number of esters is 1. The van der Waals surface area contributed by atoms with Crippen LogP contribution in [0.4, 0.5) is 5.82 Å². The van der Waals surface area contributed by atoms with Gasteiger partial charge in [0.15, 0.2) is 5.82 Å². The minimum absolute atomic E-state index is 0.278. The maximum Gasteiger partial charge on any atom is 0.374 e. The molecular weight excluding hydrogens is 292 g/mol. The molecule has 23 heavy (non-hydrogen) atoms. The molecule has 0 unspecified atom stereocenters. The first kappa shape index (κ1) is 15.3. The number of hydrogen-bond acceptors (Lipinski definition) is 5. The topological polar surface area (TPSA) is 83.0 Å². The first-order valence-corrected chi connectivity index (χ1v) is 7.74. The predicted octanol–water partition coefficient (Wildman–Crippen LogP) is 3.00. The van der Waals surface area contributed by atoms with Crippen molar-refractivity contribution in [3.05, 3.63) is 30.1 Å². The number of ether oxygens (including phenoxy) is 1. The average Bonchev–Trinajstić information content (AvgIpc) is 2.87. The zero-order valence-corrected chi connectivity index (χ0v) is 13.5. The quantitative estimate of drug-likeness (QED) is 0.749. The van der Waals surface area contributed by atoms with E-state index in [0.717, 1.165) is 16.4 Å². The van der Waals surface area contributed by atoms with Gasteiger partial charge in [0.25, 0.3) is 0 Å². The fraction of sp³-hybridized carbons (Fsp3) is 0.353.